The first-order chi connectivity index (χ1) is 31.9. The summed E-state index contributed by atoms with van der Waals surface area (Å²) < 4.78 is 18.8. The molecule has 0 saturated carbocycles. The molecule has 6 heterocycles. The van der Waals surface area contributed by atoms with E-state index in [0.29, 0.717) is 25.3 Å². The van der Waals surface area contributed by atoms with Gasteiger partial charge in [-0.3, -0.25) is 9.59 Å². The van der Waals surface area contributed by atoms with Crippen LogP contribution in [0.25, 0.3) is 44.7 Å². The van der Waals surface area contributed by atoms with E-state index in [0.717, 1.165) is 87.5 Å². The largest absolute Gasteiger partial charge is 0.465 e. The Morgan fingerprint density at radius 1 is 0.758 bits per heavy atom. The van der Waals surface area contributed by atoms with Gasteiger partial charge in [0.25, 0.3) is 0 Å². The third-order valence-corrected chi connectivity index (χ3v) is 13.2. The van der Waals surface area contributed by atoms with Crippen LogP contribution >= 0.6 is 0 Å². The summed E-state index contributed by atoms with van der Waals surface area (Å²) in [5.74, 6) is 1.74. The Balaban J connectivity index is 0.976. The Bertz CT molecular complexity index is 2760. The maximum absolute atomic E-state index is 13.8. The van der Waals surface area contributed by atoms with Gasteiger partial charge in [0.05, 0.1) is 55.3 Å². The first-order valence-electron chi connectivity index (χ1n) is 22.8. The van der Waals surface area contributed by atoms with Gasteiger partial charge in [-0.1, -0.05) is 70.2 Å². The van der Waals surface area contributed by atoms with Crippen molar-refractivity contribution in [1.29, 1.82) is 0 Å². The number of fused-ring (bicyclic) bond motifs is 5. The molecule has 3 aromatic carbocycles. The van der Waals surface area contributed by atoms with Crippen molar-refractivity contribution in [3.8, 4) is 39.5 Å². The van der Waals surface area contributed by atoms with Crippen LogP contribution in [0.5, 0.6) is 5.75 Å². The number of imidazole rings is 2. The monoisotopic (exact) mass is 895 g/mol. The van der Waals surface area contributed by atoms with Crippen LogP contribution in [0.3, 0.4) is 0 Å². The van der Waals surface area contributed by atoms with Crippen molar-refractivity contribution in [3.63, 3.8) is 0 Å². The number of hydrogen-bond donors (Lipinski definition) is 4. The minimum absolute atomic E-state index is 0.0531. The molecule has 0 aliphatic carbocycles. The number of alkyl carbamates (subject to hydrolysis) is 2. The minimum atomic E-state index is -0.712. The van der Waals surface area contributed by atoms with Gasteiger partial charge in [-0.15, -0.1) is 0 Å². The molecule has 2 fully saturated rings. The highest BCUT2D eigenvalue weighted by atomic mass is 16.5. The molecule has 0 bridgehead atoms. The molecular formula is C50H57N9O7. The van der Waals surface area contributed by atoms with Crippen molar-refractivity contribution in [3.05, 3.63) is 102 Å². The number of hydrogen-bond acceptors (Lipinski definition) is 9. The van der Waals surface area contributed by atoms with Crippen LogP contribution in [0.15, 0.2) is 85.2 Å². The molecule has 3 aromatic heterocycles. The van der Waals surface area contributed by atoms with Gasteiger partial charge in [-0.05, 0) is 67.9 Å². The summed E-state index contributed by atoms with van der Waals surface area (Å²) >= 11 is 0. The zero-order valence-corrected chi connectivity index (χ0v) is 38.2. The van der Waals surface area contributed by atoms with Crippen molar-refractivity contribution in [2.24, 2.45) is 11.8 Å². The maximum atomic E-state index is 13.8. The molecule has 16 nitrogen and oxygen atoms in total. The van der Waals surface area contributed by atoms with Crippen molar-refractivity contribution in [2.75, 3.05) is 27.3 Å². The number of aromatic nitrogens is 5. The van der Waals surface area contributed by atoms with Gasteiger partial charge in [0.2, 0.25) is 18.0 Å². The highest BCUT2D eigenvalue weighted by Crippen LogP contribution is 2.46. The molecular weight excluding hydrogens is 839 g/mol. The summed E-state index contributed by atoms with van der Waals surface area (Å²) in [4.78, 5) is 71.9. The lowest BCUT2D eigenvalue weighted by molar-refractivity contribution is -0.136. The third-order valence-electron chi connectivity index (χ3n) is 13.2. The van der Waals surface area contributed by atoms with Gasteiger partial charge in [-0.25, -0.2) is 19.6 Å². The summed E-state index contributed by atoms with van der Waals surface area (Å²) in [5.41, 5.74) is 7.56. The van der Waals surface area contributed by atoms with Gasteiger partial charge in [0.15, 0.2) is 0 Å². The minimum Gasteiger partial charge on any atom is -0.465 e. The normalized spacial score (nSPS) is 18.8. The lowest BCUT2D eigenvalue weighted by Crippen LogP contribution is -2.52. The Morgan fingerprint density at radius 2 is 1.39 bits per heavy atom. The number of methoxy groups -OCH3 is 2. The number of rotatable bonds is 12. The van der Waals surface area contributed by atoms with Crippen LogP contribution in [0.1, 0.15) is 82.9 Å². The first kappa shape index (κ1) is 44.1. The number of carbonyl (C=O) groups excluding carboxylic acids is 4. The molecule has 1 unspecified atom stereocenters. The fourth-order valence-electron chi connectivity index (χ4n) is 9.77. The average molecular weight is 896 g/mol. The second-order valence-electron chi connectivity index (χ2n) is 18.1. The van der Waals surface area contributed by atoms with Crippen LogP contribution in [0.4, 0.5) is 9.59 Å². The summed E-state index contributed by atoms with van der Waals surface area (Å²) in [7, 11) is 2.59. The van der Waals surface area contributed by atoms with Crippen LogP contribution in [-0.4, -0.2) is 104 Å². The number of nitrogens with one attached hydrogen (secondary N) is 4. The highest BCUT2D eigenvalue weighted by molar-refractivity contribution is 5.93. The van der Waals surface area contributed by atoms with Crippen molar-refractivity contribution in [1.82, 2.24) is 44.9 Å². The fourth-order valence-corrected chi connectivity index (χ4v) is 9.77. The number of nitrogens with zero attached hydrogens (tertiary/aromatic N) is 5. The predicted molar refractivity (Wildman–Crippen MR) is 248 cm³/mol. The predicted octanol–water partition coefficient (Wildman–Crippen LogP) is 7.99. The van der Waals surface area contributed by atoms with Crippen molar-refractivity contribution in [2.45, 2.75) is 90.2 Å². The van der Waals surface area contributed by atoms with E-state index in [9.17, 15) is 19.2 Å². The van der Waals surface area contributed by atoms with Crippen LogP contribution in [-0.2, 0) is 25.5 Å². The third kappa shape index (κ3) is 8.47. The molecule has 3 aliphatic heterocycles. The quantitative estimate of drug-likeness (QED) is 0.0944. The average Bonchev–Trinajstić information content (AvgIpc) is 4.19. The Labute approximate surface area is 383 Å². The topological polar surface area (TPSA) is 189 Å². The molecule has 2 saturated heterocycles. The van der Waals surface area contributed by atoms with E-state index in [1.54, 1.807) is 0 Å². The molecule has 6 aromatic rings. The van der Waals surface area contributed by atoms with E-state index >= 15 is 0 Å². The van der Waals surface area contributed by atoms with E-state index in [1.165, 1.54) is 14.2 Å². The number of benzene rings is 3. The Kier molecular flexibility index (Phi) is 12.3. The molecule has 344 valence electrons. The number of amides is 4. The summed E-state index contributed by atoms with van der Waals surface area (Å²) in [6.07, 6.45) is 5.83. The molecule has 0 spiro atoms. The zero-order valence-electron chi connectivity index (χ0n) is 38.2. The number of H-pyrrole nitrogens is 2. The van der Waals surface area contributed by atoms with Crippen LogP contribution in [0, 0.1) is 11.8 Å². The zero-order chi connectivity index (χ0) is 46.2. The second kappa shape index (κ2) is 18.4. The number of aromatic amines is 2. The van der Waals surface area contributed by atoms with Crippen molar-refractivity contribution >= 4 is 34.9 Å². The molecule has 3 aliphatic rings. The Morgan fingerprint density at radius 3 is 2.11 bits per heavy atom. The smallest absolute Gasteiger partial charge is 0.407 e. The van der Waals surface area contributed by atoms with Crippen molar-refractivity contribution < 1.29 is 33.4 Å². The molecule has 4 amide bonds. The molecule has 9 rings (SSSR count). The number of carbonyl (C=O) groups is 4. The summed E-state index contributed by atoms with van der Waals surface area (Å²) in [5, 5.41) is 6.48. The molecule has 0 radical (unpaired) electrons. The van der Waals surface area contributed by atoms with E-state index in [2.05, 4.69) is 79.8 Å². The summed E-state index contributed by atoms with van der Waals surface area (Å²) in [6, 6.07) is 23.3. The van der Waals surface area contributed by atoms with E-state index in [-0.39, 0.29) is 35.7 Å². The molecule has 4 N–H and O–H groups in total. The second-order valence-corrected chi connectivity index (χ2v) is 18.1. The van der Waals surface area contributed by atoms with Gasteiger partial charge in [0.1, 0.15) is 29.5 Å². The molecule has 5 atom stereocenters. The maximum Gasteiger partial charge on any atom is 0.407 e. The Hall–Kier alpha value is -7.10. The van der Waals surface area contributed by atoms with E-state index in [1.807, 2.05) is 68.1 Å². The highest BCUT2D eigenvalue weighted by Gasteiger charge is 2.39. The number of likely N-dealkylation sites (tertiary alicyclic amines) is 2. The SMILES string of the molecule is COC(=O)N[C@H](C(=O)N1CCC[C@H]1Cc1ncc(-c2ccc3c(c2)OC(c2ccccc2)n2c-3cc3cc(-c4cnc([C@@H]5CCCN5C(=O)[C@@H](NC(=O)OC)C(C)C)[nH]4)ccc32)[nH]1)C(C)C. The lowest BCUT2D eigenvalue weighted by atomic mass is 10.0. The standard InChI is InChI=1S/C50H57N9O7/c1-28(2)43(55-49(62)64-5)46(60)57-20-10-14-34(57)25-42-51-26-36(53-42)32-16-18-35-40-23-33-22-31(17-19-38(33)59(40)48(66-41(35)24-32)30-12-8-7-9-13-30)37-27-52-45(54-37)39-15-11-21-58(39)47(61)44(29(3)4)56-50(63)65-6/h7-9,12-13,16-19,22-24,26-29,34,39,43-44,48H,10-11,14-15,20-21,25H2,1-6H3,(H,51,53)(H,52,54)(H,55,62)(H,56,63)/t34-,39-,43-,44-,48?/m0/s1. The van der Waals surface area contributed by atoms with Gasteiger partial charge >= 0.3 is 12.2 Å². The summed E-state index contributed by atoms with van der Waals surface area (Å²) in [6.45, 7) is 8.83. The van der Waals surface area contributed by atoms with Crippen LogP contribution in [0.2, 0.25) is 0 Å². The van der Waals surface area contributed by atoms with E-state index in [4.69, 9.17) is 24.2 Å². The van der Waals surface area contributed by atoms with Gasteiger partial charge in [0, 0.05) is 53.2 Å². The van der Waals surface area contributed by atoms with Gasteiger partial charge in [-0.2, -0.15) is 0 Å². The lowest BCUT2D eigenvalue weighted by Gasteiger charge is -2.30. The fraction of sp³-hybridized carbons (Fsp3) is 0.400. The van der Waals surface area contributed by atoms with Gasteiger partial charge < -0.3 is 49.2 Å². The molecule has 16 heteroatoms. The molecule has 66 heavy (non-hydrogen) atoms. The number of ether oxygens (including phenoxy) is 3. The first-order valence-corrected chi connectivity index (χ1v) is 22.8. The van der Waals surface area contributed by atoms with E-state index < -0.39 is 30.5 Å². The van der Waals surface area contributed by atoms with Crippen LogP contribution < -0.4 is 15.4 Å².